The minimum atomic E-state index is 0. The Hall–Kier alpha value is -0.580. The van der Waals surface area contributed by atoms with Crippen molar-refractivity contribution >= 4 is 34.2 Å². The molecule has 0 aliphatic heterocycles. The molecule has 3 N–H and O–H groups in total. The third-order valence-electron chi connectivity index (χ3n) is 2.71. The van der Waals surface area contributed by atoms with Gasteiger partial charge >= 0.3 is 0 Å². The van der Waals surface area contributed by atoms with Crippen LogP contribution in [-0.2, 0) is 11.2 Å². The van der Waals surface area contributed by atoms with Crippen LogP contribution in [0.25, 0.3) is 0 Å². The molecule has 1 aromatic carbocycles. The fourth-order valence-electron chi connectivity index (χ4n) is 1.88. The smallest absolute Gasteiger partial charge is 0.224 e. The lowest BCUT2D eigenvalue weighted by Gasteiger charge is -2.19. The van der Waals surface area contributed by atoms with Gasteiger partial charge < -0.3 is 11.1 Å². The maximum atomic E-state index is 11.9. The molecule has 0 spiro atoms. The zero-order valence-corrected chi connectivity index (χ0v) is 13.8. The average Bonchev–Trinajstić information content (AvgIpc) is 2.30. The predicted octanol–water partition coefficient (Wildman–Crippen LogP) is 2.90. The molecule has 5 heteroatoms. The van der Waals surface area contributed by atoms with Crippen molar-refractivity contribution in [1.82, 2.24) is 5.32 Å². The highest BCUT2D eigenvalue weighted by molar-refractivity contribution is 9.10. The fraction of sp³-hybridized carbons (Fsp3) is 0.500. The van der Waals surface area contributed by atoms with Gasteiger partial charge in [0.05, 0.1) is 6.42 Å². The second-order valence-corrected chi connectivity index (χ2v) is 5.75. The zero-order valence-electron chi connectivity index (χ0n) is 11.4. The standard InChI is InChI=1S/C14H21BrN2O.ClH/c1-10(2)7-12(9-16)17-14(18)8-11-5-3-4-6-13(11)15;/h3-6,10,12H,7-9,16H2,1-2H3,(H,17,18);1H. The van der Waals surface area contributed by atoms with E-state index in [1.807, 2.05) is 24.3 Å². The molecule has 0 aliphatic rings. The topological polar surface area (TPSA) is 55.1 Å². The Morgan fingerprint density at radius 3 is 2.53 bits per heavy atom. The summed E-state index contributed by atoms with van der Waals surface area (Å²) in [5, 5.41) is 2.99. The molecule has 19 heavy (non-hydrogen) atoms. The second kappa shape index (κ2) is 9.34. The van der Waals surface area contributed by atoms with Crippen LogP contribution in [0.1, 0.15) is 25.8 Å². The summed E-state index contributed by atoms with van der Waals surface area (Å²) in [6, 6.07) is 7.83. The Morgan fingerprint density at radius 2 is 2.00 bits per heavy atom. The summed E-state index contributed by atoms with van der Waals surface area (Å²) >= 11 is 3.44. The number of rotatable bonds is 6. The first kappa shape index (κ1) is 18.4. The van der Waals surface area contributed by atoms with E-state index < -0.39 is 0 Å². The minimum Gasteiger partial charge on any atom is -0.352 e. The van der Waals surface area contributed by atoms with Crippen LogP contribution < -0.4 is 11.1 Å². The molecule has 0 saturated heterocycles. The van der Waals surface area contributed by atoms with Crippen molar-refractivity contribution in [2.24, 2.45) is 11.7 Å². The normalized spacial score (nSPS) is 11.8. The van der Waals surface area contributed by atoms with Gasteiger partial charge in [-0.3, -0.25) is 4.79 Å². The highest BCUT2D eigenvalue weighted by Crippen LogP contribution is 2.16. The number of hydrogen-bond acceptors (Lipinski definition) is 2. The van der Waals surface area contributed by atoms with Crippen LogP contribution in [-0.4, -0.2) is 18.5 Å². The fourth-order valence-corrected chi connectivity index (χ4v) is 2.30. The molecule has 0 saturated carbocycles. The molecular weight excluding hydrogens is 328 g/mol. The quantitative estimate of drug-likeness (QED) is 0.829. The van der Waals surface area contributed by atoms with E-state index >= 15 is 0 Å². The molecule has 0 radical (unpaired) electrons. The molecule has 3 nitrogen and oxygen atoms in total. The SMILES string of the molecule is CC(C)CC(CN)NC(=O)Cc1ccccc1Br.Cl. The third kappa shape index (κ3) is 6.95. The van der Waals surface area contributed by atoms with Crippen molar-refractivity contribution in [1.29, 1.82) is 0 Å². The van der Waals surface area contributed by atoms with E-state index in [2.05, 4.69) is 35.1 Å². The van der Waals surface area contributed by atoms with Crippen molar-refractivity contribution < 1.29 is 4.79 Å². The van der Waals surface area contributed by atoms with Crippen molar-refractivity contribution in [2.45, 2.75) is 32.7 Å². The Bertz CT molecular complexity index is 399. The van der Waals surface area contributed by atoms with Crippen molar-refractivity contribution in [2.75, 3.05) is 6.54 Å². The summed E-state index contributed by atoms with van der Waals surface area (Å²) in [7, 11) is 0. The van der Waals surface area contributed by atoms with Gasteiger partial charge in [-0.1, -0.05) is 48.0 Å². The molecule has 0 heterocycles. The molecule has 1 rings (SSSR count). The van der Waals surface area contributed by atoms with E-state index in [1.165, 1.54) is 0 Å². The second-order valence-electron chi connectivity index (χ2n) is 4.90. The number of hydrogen-bond donors (Lipinski definition) is 2. The number of nitrogens with two attached hydrogens (primary N) is 1. The van der Waals surface area contributed by atoms with Crippen LogP contribution in [0.15, 0.2) is 28.7 Å². The maximum absolute atomic E-state index is 11.9. The van der Waals surface area contributed by atoms with Gasteiger partial charge in [-0.25, -0.2) is 0 Å². The van der Waals surface area contributed by atoms with Gasteiger partial charge in [-0.15, -0.1) is 12.4 Å². The number of carbonyl (C=O) groups is 1. The zero-order chi connectivity index (χ0) is 13.5. The Labute approximate surface area is 129 Å². The van der Waals surface area contributed by atoms with E-state index in [0.717, 1.165) is 16.5 Å². The number of halogens is 2. The van der Waals surface area contributed by atoms with Gasteiger partial charge in [0.25, 0.3) is 0 Å². The lowest BCUT2D eigenvalue weighted by atomic mass is 10.0. The summed E-state index contributed by atoms with van der Waals surface area (Å²) in [6.07, 6.45) is 1.30. The van der Waals surface area contributed by atoms with Gasteiger partial charge in [-0.2, -0.15) is 0 Å². The van der Waals surface area contributed by atoms with E-state index in [4.69, 9.17) is 5.73 Å². The lowest BCUT2D eigenvalue weighted by molar-refractivity contribution is -0.121. The van der Waals surface area contributed by atoms with E-state index in [0.29, 0.717) is 18.9 Å². The van der Waals surface area contributed by atoms with Crippen LogP contribution in [0.3, 0.4) is 0 Å². The molecule has 1 unspecified atom stereocenters. The molecule has 0 bridgehead atoms. The summed E-state index contributed by atoms with van der Waals surface area (Å²) in [5.74, 6) is 0.556. The first-order valence-corrected chi connectivity index (χ1v) is 7.05. The molecular formula is C14H22BrClN2O. The maximum Gasteiger partial charge on any atom is 0.224 e. The molecule has 0 fully saturated rings. The number of amides is 1. The van der Waals surface area contributed by atoms with Gasteiger partial charge in [0.15, 0.2) is 0 Å². The molecule has 108 valence electrons. The van der Waals surface area contributed by atoms with Crippen LogP contribution >= 0.6 is 28.3 Å². The predicted molar refractivity (Wildman–Crippen MR) is 85.5 cm³/mol. The number of benzene rings is 1. The van der Waals surface area contributed by atoms with E-state index in [9.17, 15) is 4.79 Å². The van der Waals surface area contributed by atoms with E-state index in [1.54, 1.807) is 0 Å². The van der Waals surface area contributed by atoms with Crippen molar-refractivity contribution in [3.63, 3.8) is 0 Å². The molecule has 1 atom stereocenters. The summed E-state index contributed by atoms with van der Waals surface area (Å²) in [4.78, 5) is 11.9. The van der Waals surface area contributed by atoms with Gasteiger partial charge in [-0.05, 0) is 24.0 Å². The monoisotopic (exact) mass is 348 g/mol. The van der Waals surface area contributed by atoms with Crippen molar-refractivity contribution in [3.05, 3.63) is 34.3 Å². The highest BCUT2D eigenvalue weighted by Gasteiger charge is 2.13. The van der Waals surface area contributed by atoms with Crippen molar-refractivity contribution in [3.8, 4) is 0 Å². The molecule has 1 amide bonds. The summed E-state index contributed by atoms with van der Waals surface area (Å²) in [6.45, 7) is 4.74. The molecule has 0 aromatic heterocycles. The minimum absolute atomic E-state index is 0. The van der Waals surface area contributed by atoms with Gasteiger partial charge in [0.2, 0.25) is 5.91 Å². The Morgan fingerprint density at radius 1 is 1.37 bits per heavy atom. The molecule has 1 aromatic rings. The lowest BCUT2D eigenvalue weighted by Crippen LogP contribution is -2.41. The van der Waals surface area contributed by atoms with Gasteiger partial charge in [0.1, 0.15) is 0 Å². The molecule has 0 aliphatic carbocycles. The number of nitrogens with one attached hydrogen (secondary N) is 1. The van der Waals surface area contributed by atoms with Crippen LogP contribution in [0, 0.1) is 5.92 Å². The Balaban J connectivity index is 0.00000324. The highest BCUT2D eigenvalue weighted by atomic mass is 79.9. The largest absolute Gasteiger partial charge is 0.352 e. The Kier molecular flexibility index (Phi) is 9.06. The van der Waals surface area contributed by atoms with Crippen LogP contribution in [0.4, 0.5) is 0 Å². The number of carbonyl (C=O) groups excluding carboxylic acids is 1. The summed E-state index contributed by atoms with van der Waals surface area (Å²) < 4.78 is 0.966. The third-order valence-corrected chi connectivity index (χ3v) is 3.49. The van der Waals surface area contributed by atoms with Gasteiger partial charge in [0, 0.05) is 17.1 Å². The first-order chi connectivity index (χ1) is 8.52. The summed E-state index contributed by atoms with van der Waals surface area (Å²) in [5.41, 5.74) is 6.66. The van der Waals surface area contributed by atoms with Crippen LogP contribution in [0.5, 0.6) is 0 Å². The van der Waals surface area contributed by atoms with Crippen LogP contribution in [0.2, 0.25) is 0 Å². The first-order valence-electron chi connectivity index (χ1n) is 6.25. The van der Waals surface area contributed by atoms with E-state index in [-0.39, 0.29) is 24.4 Å². The average molecular weight is 350 g/mol.